The summed E-state index contributed by atoms with van der Waals surface area (Å²) in [5.74, 6) is 1.20. The van der Waals surface area contributed by atoms with Crippen LogP contribution >= 0.6 is 0 Å². The molecule has 91 heavy (non-hydrogen) atoms. The van der Waals surface area contributed by atoms with Crippen LogP contribution in [-0.4, -0.2) is 54.4 Å². The molecule has 0 saturated heterocycles. The number of anilines is 3. The van der Waals surface area contributed by atoms with Crippen molar-refractivity contribution >= 4 is 62.1 Å². The molecule has 1 amide bonds. The van der Waals surface area contributed by atoms with Gasteiger partial charge in [-0.2, -0.15) is 0 Å². The van der Waals surface area contributed by atoms with Crippen molar-refractivity contribution in [3.8, 4) is 0 Å². The van der Waals surface area contributed by atoms with Gasteiger partial charge in [0.05, 0.1) is 22.3 Å². The van der Waals surface area contributed by atoms with Crippen LogP contribution in [0.1, 0.15) is 184 Å². The number of halogens is 1. The van der Waals surface area contributed by atoms with E-state index in [-0.39, 0.29) is 55.2 Å². The lowest BCUT2D eigenvalue weighted by molar-refractivity contribution is -0.384. The average molecular weight is 1240 g/mol. The van der Waals surface area contributed by atoms with Crippen molar-refractivity contribution in [3.63, 3.8) is 0 Å². The SMILES string of the molecule is CC.CC(=O)Nc1ccc2ccc(C(C)(C)C)nc2n1.CC(C)(C)c1ccc(N)nc1.CC(C)(C)c1cnc(N)nc1.CC(C)(C)n1ccc2cc([N+](=O)[O-])ccc21.Cc1ccc(C)c(F)c1.Cc1cccc2c1ncn2C(C)(C)C.Cc1ccn(C(C)(C)C)c1. The number of carbonyl (C=O) groups is 1. The number of pyridine rings is 3. The van der Waals surface area contributed by atoms with E-state index < -0.39 is 0 Å². The van der Waals surface area contributed by atoms with Crippen molar-refractivity contribution in [3.05, 3.63) is 202 Å². The Kier molecular flexibility index (Phi) is 27.1. The van der Waals surface area contributed by atoms with Crippen molar-refractivity contribution in [1.82, 2.24) is 43.6 Å². The standard InChI is InChI=1S/C14H17N3O.C12H14N2O2.C12H16N2.C9H14N2.C9H15N.C8H9F.C8H13N3.C2H6/c1-9(18)15-12-8-6-10-5-7-11(14(2,3)4)16-13(10)17-12;1-12(2,3)13-7-6-9-8-10(14(15)16)4-5-11(9)13;1-9-6-5-7-10-11(9)13-8-14(10)12(2,3)4;1-9(2,3)7-4-5-8(10)11-6-7;1-8-5-6-10(7-8)9(2,3)4;1-6-3-4-7(2)8(9)5-6;1-8(2,3)6-4-10-7(9)11-5-6;1-2/h5-8H,1-4H3,(H,15,16,17,18);4-8H,1-3H3;5-8H,1-4H3;4-6H,1-3H3,(H2,10,11);5-7H,1-4H3;3-5H,1-2H3;4-5H,1-3H3,(H2,9,10,11);1-2H3. The number of nitrogens with zero attached hydrogens (tertiary/aromatic N) is 10. The van der Waals surface area contributed by atoms with Crippen molar-refractivity contribution < 1.29 is 14.1 Å². The highest BCUT2D eigenvalue weighted by atomic mass is 19.1. The number of non-ortho nitro benzene ring substituents is 1. The molecular formula is C74H104FN13O3. The molecule has 0 bridgehead atoms. The van der Waals surface area contributed by atoms with E-state index in [0.717, 1.165) is 38.6 Å². The molecular weight excluding hydrogens is 1140 g/mol. The second-order valence-corrected chi connectivity index (χ2v) is 28.3. The van der Waals surface area contributed by atoms with Gasteiger partial charge in [0.2, 0.25) is 11.9 Å². The minimum atomic E-state index is -0.367. The largest absolute Gasteiger partial charge is 0.384 e. The summed E-state index contributed by atoms with van der Waals surface area (Å²) in [6.45, 7) is 51.9. The highest BCUT2D eigenvalue weighted by molar-refractivity contribution is 5.89. The zero-order valence-electron chi connectivity index (χ0n) is 59.1. The third-order valence-corrected chi connectivity index (χ3v) is 13.9. The van der Waals surface area contributed by atoms with Gasteiger partial charge < -0.3 is 30.5 Å². The lowest BCUT2D eigenvalue weighted by Crippen LogP contribution is -2.20. The number of hydrogen-bond donors (Lipinski definition) is 3. The van der Waals surface area contributed by atoms with Gasteiger partial charge in [-0.3, -0.25) is 14.9 Å². The van der Waals surface area contributed by atoms with Gasteiger partial charge in [-0.15, -0.1) is 0 Å². The number of imidazole rings is 1. The summed E-state index contributed by atoms with van der Waals surface area (Å²) >= 11 is 0. The fourth-order valence-corrected chi connectivity index (χ4v) is 8.41. The maximum Gasteiger partial charge on any atom is 0.270 e. The number of para-hydroxylation sites is 1. The van der Waals surface area contributed by atoms with Crippen LogP contribution in [0.4, 0.5) is 27.7 Å². The van der Waals surface area contributed by atoms with Crippen LogP contribution in [0.3, 0.4) is 0 Å². The predicted octanol–water partition coefficient (Wildman–Crippen LogP) is 18.6. The molecule has 0 unspecified atom stereocenters. The predicted molar refractivity (Wildman–Crippen MR) is 379 cm³/mol. The van der Waals surface area contributed by atoms with Crippen LogP contribution in [0.5, 0.6) is 0 Å². The quantitative estimate of drug-likeness (QED) is 0.109. The number of amides is 1. The number of hydrogen-bond acceptors (Lipinski definition) is 11. The molecule has 0 radical (unpaired) electrons. The molecule has 490 valence electrons. The molecule has 0 aliphatic rings. The van der Waals surface area contributed by atoms with E-state index in [1.165, 1.54) is 35.2 Å². The lowest BCUT2D eigenvalue weighted by Gasteiger charge is -2.22. The molecule has 7 aromatic heterocycles. The van der Waals surface area contributed by atoms with Gasteiger partial charge in [0.15, 0.2) is 5.65 Å². The second-order valence-electron chi connectivity index (χ2n) is 28.3. The van der Waals surface area contributed by atoms with Crippen LogP contribution in [0.2, 0.25) is 0 Å². The van der Waals surface area contributed by atoms with E-state index in [2.05, 4.69) is 224 Å². The zero-order chi connectivity index (χ0) is 69.2. The Balaban J connectivity index is 0.000000279. The van der Waals surface area contributed by atoms with E-state index >= 15 is 0 Å². The summed E-state index contributed by atoms with van der Waals surface area (Å²) in [7, 11) is 0. The van der Waals surface area contributed by atoms with E-state index in [1.807, 2.05) is 82.0 Å². The van der Waals surface area contributed by atoms with E-state index in [1.54, 1.807) is 49.6 Å². The van der Waals surface area contributed by atoms with Crippen LogP contribution in [0, 0.1) is 43.6 Å². The first-order valence-electron chi connectivity index (χ1n) is 30.9. The highest BCUT2D eigenvalue weighted by Gasteiger charge is 2.20. The lowest BCUT2D eigenvalue weighted by atomic mass is 9.88. The Bertz CT molecular complexity index is 3860. The van der Waals surface area contributed by atoms with Gasteiger partial charge in [-0.1, -0.05) is 106 Å². The number of nitro benzene ring substituents is 1. The van der Waals surface area contributed by atoms with Gasteiger partial charge in [-0.05, 0) is 195 Å². The Morgan fingerprint density at radius 3 is 1.63 bits per heavy atom. The maximum absolute atomic E-state index is 12.6. The first kappa shape index (κ1) is 76.4. The third kappa shape index (κ3) is 24.5. The molecule has 0 atom stereocenters. The molecule has 0 spiro atoms. The summed E-state index contributed by atoms with van der Waals surface area (Å²) in [4.78, 5) is 46.5. The van der Waals surface area contributed by atoms with E-state index in [9.17, 15) is 19.3 Å². The maximum atomic E-state index is 12.6. The number of aryl methyl sites for hydroxylation is 4. The molecule has 10 rings (SSSR count). The number of carbonyl (C=O) groups excluding carboxylic acids is 1. The average Bonchev–Trinajstić information content (AvgIpc) is 1.82. The molecule has 0 aliphatic heterocycles. The van der Waals surface area contributed by atoms with Crippen molar-refractivity contribution in [2.24, 2.45) is 0 Å². The molecule has 0 saturated carbocycles. The normalized spacial score (nSPS) is 11.4. The molecule has 7 heterocycles. The number of nitrogens with one attached hydrogen (secondary N) is 1. The van der Waals surface area contributed by atoms with Crippen LogP contribution in [0.15, 0.2) is 147 Å². The Labute approximate surface area is 541 Å². The van der Waals surface area contributed by atoms with Gasteiger partial charge in [-0.25, -0.2) is 34.3 Å². The summed E-state index contributed by atoms with van der Waals surface area (Å²) < 4.78 is 19.1. The van der Waals surface area contributed by atoms with Crippen LogP contribution in [-0.2, 0) is 37.7 Å². The molecule has 5 N–H and O–H groups in total. The second kappa shape index (κ2) is 32.2. The van der Waals surface area contributed by atoms with E-state index in [0.29, 0.717) is 28.8 Å². The zero-order valence-corrected chi connectivity index (χ0v) is 59.1. The summed E-state index contributed by atoms with van der Waals surface area (Å²) in [5.41, 5.74) is 23.1. The van der Waals surface area contributed by atoms with Gasteiger partial charge in [0.1, 0.15) is 17.5 Å². The Morgan fingerprint density at radius 1 is 0.560 bits per heavy atom. The third-order valence-electron chi connectivity index (χ3n) is 13.9. The van der Waals surface area contributed by atoms with Gasteiger partial charge >= 0.3 is 0 Å². The molecule has 3 aromatic carbocycles. The number of aromatic nitrogens is 9. The molecule has 10 aromatic rings. The summed E-state index contributed by atoms with van der Waals surface area (Å²) in [5, 5.41) is 15.2. The number of nitrogen functional groups attached to an aromatic ring is 2. The monoisotopic (exact) mass is 1240 g/mol. The number of nitro groups is 1. The van der Waals surface area contributed by atoms with Gasteiger partial charge in [0, 0.05) is 100 Å². The fraction of sp³-hybridized carbons (Fsp3) is 0.419. The fourth-order valence-electron chi connectivity index (χ4n) is 8.41. The van der Waals surface area contributed by atoms with E-state index in [4.69, 9.17) is 11.5 Å². The smallest absolute Gasteiger partial charge is 0.270 e. The number of fused-ring (bicyclic) bond motifs is 3. The Morgan fingerprint density at radius 2 is 1.15 bits per heavy atom. The molecule has 0 aliphatic carbocycles. The minimum absolute atomic E-state index is 0.0140. The summed E-state index contributed by atoms with van der Waals surface area (Å²) in [6, 6.07) is 32.1. The number of benzene rings is 3. The van der Waals surface area contributed by atoms with Crippen molar-refractivity contribution in [1.29, 1.82) is 0 Å². The topological polar surface area (TPSA) is 216 Å². The molecule has 0 fully saturated rings. The molecule has 17 heteroatoms. The van der Waals surface area contributed by atoms with Crippen molar-refractivity contribution in [2.75, 3.05) is 16.8 Å². The minimum Gasteiger partial charge on any atom is -0.384 e. The number of rotatable bonds is 2. The van der Waals surface area contributed by atoms with Crippen molar-refractivity contribution in [2.45, 2.75) is 206 Å². The molecule has 16 nitrogen and oxygen atoms in total. The highest BCUT2D eigenvalue weighted by Crippen LogP contribution is 2.29. The number of nitrogens with two attached hydrogens (primary N) is 2. The summed E-state index contributed by atoms with van der Waals surface area (Å²) in [6.07, 6.45) is 13.5. The van der Waals surface area contributed by atoms with Crippen LogP contribution < -0.4 is 16.8 Å². The van der Waals surface area contributed by atoms with Gasteiger partial charge in [0.25, 0.3) is 5.69 Å². The first-order valence-corrected chi connectivity index (χ1v) is 30.9. The first-order chi connectivity index (χ1) is 41.9. The van der Waals surface area contributed by atoms with Crippen LogP contribution in [0.25, 0.3) is 33.0 Å². The Hall–Kier alpha value is -8.86.